The van der Waals surface area contributed by atoms with Crippen molar-refractivity contribution in [2.24, 2.45) is 5.92 Å². The van der Waals surface area contributed by atoms with Gasteiger partial charge in [-0.05, 0) is 51.2 Å². The number of thioether (sulfide) groups is 1. The Labute approximate surface area is 222 Å². The number of nitriles is 1. The van der Waals surface area contributed by atoms with Crippen LogP contribution in [0.3, 0.4) is 0 Å². The molecule has 0 spiro atoms. The number of hydrogen-bond donors (Lipinski definition) is 0. The van der Waals surface area contributed by atoms with Crippen molar-refractivity contribution >= 4 is 52.1 Å². The van der Waals surface area contributed by atoms with E-state index in [1.54, 1.807) is 29.4 Å². The SMILES string of the molecule is CCCCN1C(=O)/C(=C\c2c(C)c(C#N)c(=O)n(CCC)c2N2CCCC(C(=O)OCC)C2)SC1=S. The summed E-state index contributed by atoms with van der Waals surface area (Å²) >= 11 is 6.72. The molecule has 194 valence electrons. The maximum absolute atomic E-state index is 13.4. The Balaban J connectivity index is 2.17. The van der Waals surface area contributed by atoms with Gasteiger partial charge in [0, 0.05) is 31.7 Å². The Morgan fingerprint density at radius 1 is 1.25 bits per heavy atom. The normalized spacial score (nSPS) is 19.2. The van der Waals surface area contributed by atoms with E-state index >= 15 is 0 Å². The lowest BCUT2D eigenvalue weighted by atomic mass is 9.96. The fraction of sp³-hybridized carbons (Fsp3) is 0.577. The Morgan fingerprint density at radius 3 is 2.64 bits per heavy atom. The number of nitrogens with zero attached hydrogens (tertiary/aromatic N) is 4. The van der Waals surface area contributed by atoms with E-state index in [-0.39, 0.29) is 28.9 Å². The first-order valence-electron chi connectivity index (χ1n) is 12.6. The molecule has 1 aromatic heterocycles. The Kier molecular flexibility index (Phi) is 9.74. The summed E-state index contributed by atoms with van der Waals surface area (Å²) in [5, 5.41) is 9.83. The molecule has 8 nitrogen and oxygen atoms in total. The number of ether oxygens (including phenoxy) is 1. The zero-order valence-electron chi connectivity index (χ0n) is 21.5. The van der Waals surface area contributed by atoms with Crippen molar-refractivity contribution in [1.82, 2.24) is 9.47 Å². The van der Waals surface area contributed by atoms with Gasteiger partial charge < -0.3 is 9.64 Å². The highest BCUT2D eigenvalue weighted by molar-refractivity contribution is 8.26. The van der Waals surface area contributed by atoms with E-state index in [4.69, 9.17) is 17.0 Å². The average Bonchev–Trinajstić information content (AvgIpc) is 3.13. The van der Waals surface area contributed by atoms with Gasteiger partial charge in [0.1, 0.15) is 21.8 Å². The van der Waals surface area contributed by atoms with Crippen LogP contribution in [0.4, 0.5) is 5.82 Å². The molecule has 1 atom stereocenters. The molecule has 2 aliphatic heterocycles. The smallest absolute Gasteiger partial charge is 0.310 e. The molecule has 1 aromatic rings. The van der Waals surface area contributed by atoms with Crippen molar-refractivity contribution in [2.75, 3.05) is 31.1 Å². The largest absolute Gasteiger partial charge is 0.466 e. The molecule has 36 heavy (non-hydrogen) atoms. The molecule has 3 heterocycles. The second kappa shape index (κ2) is 12.5. The Morgan fingerprint density at radius 2 is 2.00 bits per heavy atom. The lowest BCUT2D eigenvalue weighted by molar-refractivity contribution is -0.148. The lowest BCUT2D eigenvalue weighted by Gasteiger charge is -2.36. The zero-order valence-corrected chi connectivity index (χ0v) is 23.1. The maximum Gasteiger partial charge on any atom is 0.310 e. The molecule has 2 aliphatic rings. The molecule has 10 heteroatoms. The van der Waals surface area contributed by atoms with Gasteiger partial charge in [0.2, 0.25) is 0 Å². The number of carbonyl (C=O) groups is 2. The van der Waals surface area contributed by atoms with E-state index in [1.165, 1.54) is 11.8 Å². The number of hydrogen-bond acceptors (Lipinski definition) is 8. The van der Waals surface area contributed by atoms with Crippen molar-refractivity contribution in [3.8, 4) is 6.07 Å². The summed E-state index contributed by atoms with van der Waals surface area (Å²) in [5.41, 5.74) is 0.902. The minimum Gasteiger partial charge on any atom is -0.466 e. The fourth-order valence-corrected chi connectivity index (χ4v) is 5.97. The van der Waals surface area contributed by atoms with Gasteiger partial charge >= 0.3 is 5.97 Å². The zero-order chi connectivity index (χ0) is 26.4. The van der Waals surface area contributed by atoms with E-state index in [9.17, 15) is 19.6 Å². The highest BCUT2D eigenvalue weighted by Gasteiger charge is 2.34. The number of unbranched alkanes of at least 4 members (excludes halogenated alkanes) is 1. The molecule has 2 saturated heterocycles. The molecule has 0 saturated carbocycles. The van der Waals surface area contributed by atoms with Crippen molar-refractivity contribution in [1.29, 1.82) is 5.26 Å². The van der Waals surface area contributed by atoms with E-state index in [0.717, 1.165) is 19.3 Å². The van der Waals surface area contributed by atoms with Gasteiger partial charge in [-0.1, -0.05) is 44.2 Å². The van der Waals surface area contributed by atoms with Gasteiger partial charge in [0.25, 0.3) is 11.5 Å². The highest BCUT2D eigenvalue weighted by atomic mass is 32.2. The summed E-state index contributed by atoms with van der Waals surface area (Å²) in [6.07, 6.45) is 5.75. The van der Waals surface area contributed by atoms with E-state index in [1.807, 2.05) is 11.8 Å². The molecule has 0 aliphatic carbocycles. The minimum atomic E-state index is -0.349. The molecule has 3 rings (SSSR count). The number of anilines is 1. The van der Waals surface area contributed by atoms with Crippen LogP contribution in [0.1, 0.15) is 69.6 Å². The van der Waals surface area contributed by atoms with E-state index in [2.05, 4.69) is 13.0 Å². The summed E-state index contributed by atoms with van der Waals surface area (Å²) in [7, 11) is 0. The molecule has 2 fully saturated rings. The van der Waals surface area contributed by atoms with E-state index in [0.29, 0.717) is 71.8 Å². The van der Waals surface area contributed by atoms with Gasteiger partial charge in [0.05, 0.1) is 17.4 Å². The van der Waals surface area contributed by atoms with Crippen LogP contribution in [0.5, 0.6) is 0 Å². The predicted octanol–water partition coefficient (Wildman–Crippen LogP) is 4.22. The molecule has 1 amide bonds. The van der Waals surface area contributed by atoms with Crippen molar-refractivity contribution in [2.45, 2.75) is 66.3 Å². The number of rotatable bonds is 9. The van der Waals surface area contributed by atoms with Crippen LogP contribution in [0.2, 0.25) is 0 Å². The monoisotopic (exact) mass is 530 g/mol. The summed E-state index contributed by atoms with van der Waals surface area (Å²) in [6.45, 7) is 9.93. The van der Waals surface area contributed by atoms with Gasteiger partial charge in [-0.3, -0.25) is 23.9 Å². The molecule has 0 N–H and O–H groups in total. The second-order valence-corrected chi connectivity index (χ2v) is 10.7. The number of esters is 1. The number of carbonyl (C=O) groups excluding carboxylic acids is 2. The average molecular weight is 531 g/mol. The molecule has 0 bridgehead atoms. The van der Waals surface area contributed by atoms with Crippen molar-refractivity contribution in [3.05, 3.63) is 31.9 Å². The van der Waals surface area contributed by atoms with E-state index < -0.39 is 0 Å². The summed E-state index contributed by atoms with van der Waals surface area (Å²) < 4.78 is 7.42. The van der Waals surface area contributed by atoms with Gasteiger partial charge in [0.15, 0.2) is 0 Å². The number of pyridine rings is 1. The third kappa shape index (κ3) is 5.68. The van der Waals surface area contributed by atoms with Crippen LogP contribution in [-0.4, -0.2) is 51.9 Å². The standard InChI is InChI=1S/C26H34N4O4S2/c1-5-8-13-30-24(32)21(36-26(30)35)14-19-17(4)20(15-27)23(31)29(11-6-2)22(19)28-12-9-10-18(16-28)25(33)34-7-3/h14,18H,5-13,16H2,1-4H3/b21-14+. The van der Waals surface area contributed by atoms with Crippen LogP contribution in [0.15, 0.2) is 9.70 Å². The number of amides is 1. The van der Waals surface area contributed by atoms with Crippen molar-refractivity contribution < 1.29 is 14.3 Å². The van der Waals surface area contributed by atoms with Crippen LogP contribution < -0.4 is 10.5 Å². The molecular formula is C26H34N4O4S2. The quantitative estimate of drug-likeness (QED) is 0.266. The lowest BCUT2D eigenvalue weighted by Crippen LogP contribution is -2.43. The van der Waals surface area contributed by atoms with Crippen LogP contribution >= 0.6 is 24.0 Å². The van der Waals surface area contributed by atoms with Crippen LogP contribution in [0, 0.1) is 24.2 Å². The predicted molar refractivity (Wildman–Crippen MR) is 147 cm³/mol. The topological polar surface area (TPSA) is 95.6 Å². The molecule has 1 unspecified atom stereocenters. The minimum absolute atomic E-state index is 0.0684. The first-order valence-corrected chi connectivity index (χ1v) is 13.9. The van der Waals surface area contributed by atoms with Gasteiger partial charge in [-0.25, -0.2) is 0 Å². The van der Waals surface area contributed by atoms with Gasteiger partial charge in [-0.15, -0.1) is 0 Å². The first kappa shape index (κ1) is 27.9. The Hall–Kier alpha value is -2.64. The number of aromatic nitrogens is 1. The van der Waals surface area contributed by atoms with Crippen LogP contribution in [0.25, 0.3) is 6.08 Å². The number of piperidine rings is 1. The summed E-state index contributed by atoms with van der Waals surface area (Å²) in [6, 6.07) is 2.08. The van der Waals surface area contributed by atoms with Gasteiger partial charge in [-0.2, -0.15) is 5.26 Å². The van der Waals surface area contributed by atoms with Crippen molar-refractivity contribution in [3.63, 3.8) is 0 Å². The molecule has 0 aromatic carbocycles. The summed E-state index contributed by atoms with van der Waals surface area (Å²) in [4.78, 5) is 43.3. The maximum atomic E-state index is 13.4. The fourth-order valence-electron chi connectivity index (χ4n) is 4.68. The second-order valence-electron chi connectivity index (χ2n) is 9.03. The third-order valence-corrected chi connectivity index (χ3v) is 7.90. The first-order chi connectivity index (χ1) is 17.3. The summed E-state index contributed by atoms with van der Waals surface area (Å²) in [5.74, 6) is -0.0556. The Bertz CT molecular complexity index is 1170. The van der Waals surface area contributed by atoms with Crippen LogP contribution in [-0.2, 0) is 20.9 Å². The molecular weight excluding hydrogens is 496 g/mol. The molecule has 0 radical (unpaired) electrons. The third-order valence-electron chi connectivity index (χ3n) is 6.52. The highest BCUT2D eigenvalue weighted by Crippen LogP contribution is 2.37. The number of thiocarbonyl (C=S) groups is 1.